The fourth-order valence-electron chi connectivity index (χ4n) is 2.63. The molecule has 0 unspecified atom stereocenters. The lowest BCUT2D eigenvalue weighted by molar-refractivity contribution is -0.135. The van der Waals surface area contributed by atoms with Crippen molar-refractivity contribution in [2.45, 2.75) is 6.61 Å². The van der Waals surface area contributed by atoms with Gasteiger partial charge in [-0.05, 0) is 64.1 Å². The molecule has 3 aromatic carbocycles. The molecule has 0 fully saturated rings. The van der Waals surface area contributed by atoms with E-state index in [4.69, 9.17) is 9.47 Å². The summed E-state index contributed by atoms with van der Waals surface area (Å²) in [4.78, 5) is 23.6. The molecule has 1 amide bonds. The Morgan fingerprint density at radius 3 is 2.29 bits per heavy atom. The maximum absolute atomic E-state index is 12.1. The third-order valence-electron chi connectivity index (χ3n) is 4.10. The number of hydrogen-bond acceptors (Lipinski definition) is 4. The second-order valence-corrected chi connectivity index (χ2v) is 7.65. The van der Waals surface area contributed by atoms with Gasteiger partial charge < -0.3 is 19.9 Å². The first kappa shape index (κ1) is 22.5. The zero-order valence-electron chi connectivity index (χ0n) is 16.5. The number of para-hydroxylation sites is 1. The number of amides is 1. The summed E-state index contributed by atoms with van der Waals surface area (Å²) in [5, 5.41) is 11.8. The smallest absolute Gasteiger partial charge is 0.352 e. The quantitative estimate of drug-likeness (QED) is 0.306. The van der Waals surface area contributed by atoms with Gasteiger partial charge in [0, 0.05) is 0 Å². The molecule has 0 atom stereocenters. The zero-order chi connectivity index (χ0) is 22.1. The van der Waals surface area contributed by atoms with Gasteiger partial charge >= 0.3 is 5.97 Å². The van der Waals surface area contributed by atoms with Crippen molar-refractivity contribution in [3.8, 4) is 11.5 Å². The summed E-state index contributed by atoms with van der Waals surface area (Å²) in [5.74, 6) is -0.421. The van der Waals surface area contributed by atoms with E-state index in [1.807, 2.05) is 54.6 Å². The third kappa shape index (κ3) is 7.23. The summed E-state index contributed by atoms with van der Waals surface area (Å²) in [6.07, 6.45) is 1.38. The van der Waals surface area contributed by atoms with Crippen molar-refractivity contribution in [3.05, 3.63) is 99.3 Å². The summed E-state index contributed by atoms with van der Waals surface area (Å²) in [5.41, 5.74) is 1.30. The number of hydrogen-bond donors (Lipinski definition) is 2. The summed E-state index contributed by atoms with van der Waals surface area (Å²) in [6, 6.07) is 23.9. The van der Waals surface area contributed by atoms with Gasteiger partial charge in [-0.1, -0.05) is 54.6 Å². The van der Waals surface area contributed by atoms with Crippen molar-refractivity contribution < 1.29 is 24.2 Å². The van der Waals surface area contributed by atoms with E-state index in [0.29, 0.717) is 11.3 Å². The first-order valence-corrected chi connectivity index (χ1v) is 10.5. The van der Waals surface area contributed by atoms with E-state index in [1.165, 1.54) is 6.08 Å². The van der Waals surface area contributed by atoms with Crippen LogP contribution in [0.3, 0.4) is 0 Å². The SMILES string of the molecule is O=C(COCc1ccccc1)N/C(=C/c1ccc(Oc2ccccc2I)cc1)C(=O)O. The molecule has 3 rings (SSSR count). The van der Waals surface area contributed by atoms with Gasteiger partial charge in [-0.3, -0.25) is 4.79 Å². The predicted octanol–water partition coefficient (Wildman–Crippen LogP) is 4.84. The highest BCUT2D eigenvalue weighted by Crippen LogP contribution is 2.26. The third-order valence-corrected chi connectivity index (χ3v) is 5.00. The van der Waals surface area contributed by atoms with Crippen LogP contribution in [0.2, 0.25) is 0 Å². The number of carboxylic acids is 1. The predicted molar refractivity (Wildman–Crippen MR) is 126 cm³/mol. The van der Waals surface area contributed by atoms with Crippen LogP contribution in [0.5, 0.6) is 11.5 Å². The molecule has 0 aromatic heterocycles. The molecule has 31 heavy (non-hydrogen) atoms. The van der Waals surface area contributed by atoms with Gasteiger partial charge in [-0.15, -0.1) is 0 Å². The Hall–Kier alpha value is -3.17. The Labute approximate surface area is 193 Å². The van der Waals surface area contributed by atoms with E-state index >= 15 is 0 Å². The van der Waals surface area contributed by atoms with Gasteiger partial charge in [0.15, 0.2) is 0 Å². The number of ether oxygens (including phenoxy) is 2. The molecule has 0 spiro atoms. The highest BCUT2D eigenvalue weighted by Gasteiger charge is 2.12. The molecule has 0 aliphatic carbocycles. The van der Waals surface area contributed by atoms with E-state index in [2.05, 4.69) is 27.9 Å². The Bertz CT molecular complexity index is 1060. The first-order chi connectivity index (χ1) is 15.0. The standard InChI is InChI=1S/C24H20INO5/c25-20-8-4-5-9-22(20)31-19-12-10-17(11-13-19)14-21(24(28)29)26-23(27)16-30-15-18-6-2-1-3-7-18/h1-14H,15-16H2,(H,26,27)(H,28,29)/b21-14+. The molecule has 0 aliphatic rings. The molecule has 0 bridgehead atoms. The molecule has 0 radical (unpaired) electrons. The van der Waals surface area contributed by atoms with Gasteiger partial charge in [0.1, 0.15) is 23.8 Å². The highest BCUT2D eigenvalue weighted by atomic mass is 127. The Morgan fingerprint density at radius 2 is 1.61 bits per heavy atom. The van der Waals surface area contributed by atoms with E-state index in [-0.39, 0.29) is 18.9 Å². The minimum Gasteiger partial charge on any atom is -0.477 e. The van der Waals surface area contributed by atoms with Crippen molar-refractivity contribution in [3.63, 3.8) is 0 Å². The monoisotopic (exact) mass is 529 g/mol. The summed E-state index contributed by atoms with van der Waals surface area (Å²) < 4.78 is 12.2. The molecule has 3 aromatic rings. The average Bonchev–Trinajstić information content (AvgIpc) is 2.77. The average molecular weight is 529 g/mol. The minimum absolute atomic E-state index is 0.236. The highest BCUT2D eigenvalue weighted by molar-refractivity contribution is 14.1. The van der Waals surface area contributed by atoms with Crippen LogP contribution >= 0.6 is 22.6 Å². The Kier molecular flexibility index (Phi) is 8.19. The molecule has 0 aliphatic heterocycles. The van der Waals surface area contributed by atoms with Gasteiger partial charge in [0.25, 0.3) is 5.91 Å². The van der Waals surface area contributed by atoms with Gasteiger partial charge in [-0.2, -0.15) is 0 Å². The molecule has 6 nitrogen and oxygen atoms in total. The lowest BCUT2D eigenvalue weighted by Gasteiger charge is -2.09. The number of halogens is 1. The Balaban J connectivity index is 1.58. The second-order valence-electron chi connectivity index (χ2n) is 6.49. The van der Waals surface area contributed by atoms with Crippen molar-refractivity contribution in [1.29, 1.82) is 0 Å². The van der Waals surface area contributed by atoms with Crippen LogP contribution < -0.4 is 10.1 Å². The lowest BCUT2D eigenvalue weighted by Crippen LogP contribution is -2.30. The van der Waals surface area contributed by atoms with Crippen LogP contribution in [0, 0.1) is 3.57 Å². The molecule has 0 saturated carbocycles. The van der Waals surface area contributed by atoms with Gasteiger partial charge in [0.2, 0.25) is 0 Å². The first-order valence-electron chi connectivity index (χ1n) is 9.40. The molecule has 7 heteroatoms. The maximum Gasteiger partial charge on any atom is 0.352 e. The number of benzene rings is 3. The van der Waals surface area contributed by atoms with E-state index in [1.54, 1.807) is 24.3 Å². The van der Waals surface area contributed by atoms with Crippen molar-refractivity contribution in [2.75, 3.05) is 6.61 Å². The Morgan fingerprint density at radius 1 is 0.935 bits per heavy atom. The molecular weight excluding hydrogens is 509 g/mol. The van der Waals surface area contributed by atoms with Crippen LogP contribution in [0.15, 0.2) is 84.6 Å². The second kappa shape index (κ2) is 11.3. The lowest BCUT2D eigenvalue weighted by atomic mass is 10.2. The number of aliphatic carboxylic acids is 1. The fraction of sp³-hybridized carbons (Fsp3) is 0.0833. The fourth-order valence-corrected chi connectivity index (χ4v) is 3.12. The number of carbonyl (C=O) groups is 2. The van der Waals surface area contributed by atoms with E-state index in [9.17, 15) is 14.7 Å². The van der Waals surface area contributed by atoms with E-state index < -0.39 is 11.9 Å². The number of nitrogens with one attached hydrogen (secondary N) is 1. The number of carbonyl (C=O) groups excluding carboxylic acids is 1. The largest absolute Gasteiger partial charge is 0.477 e. The van der Waals surface area contributed by atoms with Gasteiger partial charge in [-0.25, -0.2) is 4.79 Å². The van der Waals surface area contributed by atoms with Crippen LogP contribution in [0.1, 0.15) is 11.1 Å². The van der Waals surface area contributed by atoms with Crippen molar-refractivity contribution in [1.82, 2.24) is 5.32 Å². The molecule has 0 heterocycles. The van der Waals surface area contributed by atoms with Crippen molar-refractivity contribution in [2.24, 2.45) is 0 Å². The van der Waals surface area contributed by atoms with Crippen LogP contribution in [-0.2, 0) is 20.9 Å². The number of rotatable bonds is 9. The molecular formula is C24H20INO5. The van der Waals surface area contributed by atoms with Crippen LogP contribution in [0.4, 0.5) is 0 Å². The zero-order valence-corrected chi connectivity index (χ0v) is 18.6. The van der Waals surface area contributed by atoms with E-state index in [0.717, 1.165) is 14.9 Å². The van der Waals surface area contributed by atoms with Crippen LogP contribution in [-0.4, -0.2) is 23.6 Å². The number of carboxylic acid groups (broad SMARTS) is 1. The molecule has 2 N–H and O–H groups in total. The summed E-state index contributed by atoms with van der Waals surface area (Å²) in [7, 11) is 0. The molecule has 158 valence electrons. The minimum atomic E-state index is -1.24. The summed E-state index contributed by atoms with van der Waals surface area (Å²) >= 11 is 2.19. The normalized spacial score (nSPS) is 11.1. The topological polar surface area (TPSA) is 84.9 Å². The molecule has 0 saturated heterocycles. The summed E-state index contributed by atoms with van der Waals surface area (Å²) in [6.45, 7) is 0.0181. The van der Waals surface area contributed by atoms with Crippen molar-refractivity contribution >= 4 is 40.5 Å². The van der Waals surface area contributed by atoms with Crippen LogP contribution in [0.25, 0.3) is 6.08 Å². The van der Waals surface area contributed by atoms with Gasteiger partial charge in [0.05, 0.1) is 10.2 Å². The maximum atomic E-state index is 12.1.